The molecule has 0 aromatic heterocycles. The predicted molar refractivity (Wildman–Crippen MR) is 85.0 cm³/mol. The van der Waals surface area contributed by atoms with Crippen molar-refractivity contribution >= 4 is 27.9 Å². The van der Waals surface area contributed by atoms with Gasteiger partial charge >= 0.3 is 12.0 Å². The first-order valence-electron chi connectivity index (χ1n) is 7.20. The fourth-order valence-corrected chi connectivity index (χ4v) is 2.60. The number of piperidine rings is 1. The Morgan fingerprint density at radius 1 is 1.36 bits per heavy atom. The lowest BCUT2D eigenvalue weighted by atomic mass is 9.99. The zero-order valence-corrected chi connectivity index (χ0v) is 13.7. The minimum absolute atomic E-state index is 0.231. The van der Waals surface area contributed by atoms with Gasteiger partial charge in [-0.1, -0.05) is 15.9 Å². The lowest BCUT2D eigenvalue weighted by Gasteiger charge is -2.30. The Morgan fingerprint density at radius 2 is 2.09 bits per heavy atom. The van der Waals surface area contributed by atoms with E-state index in [0.29, 0.717) is 26.1 Å². The van der Waals surface area contributed by atoms with E-state index in [-0.39, 0.29) is 12.6 Å². The Hall–Kier alpha value is -1.76. The van der Waals surface area contributed by atoms with Crippen molar-refractivity contribution in [3.63, 3.8) is 0 Å². The molecule has 0 saturated carbocycles. The first-order valence-corrected chi connectivity index (χ1v) is 7.99. The van der Waals surface area contributed by atoms with E-state index >= 15 is 0 Å². The SMILES string of the molecule is O=C(O)C1CCCN(C(=O)NCCOc2ccc(Br)cc2)C1. The van der Waals surface area contributed by atoms with Gasteiger partial charge in [0.15, 0.2) is 0 Å². The molecule has 0 spiro atoms. The van der Waals surface area contributed by atoms with Crippen LogP contribution in [0.15, 0.2) is 28.7 Å². The molecule has 7 heteroatoms. The van der Waals surface area contributed by atoms with E-state index in [9.17, 15) is 9.59 Å². The van der Waals surface area contributed by atoms with Crippen molar-refractivity contribution in [1.82, 2.24) is 10.2 Å². The number of halogens is 1. The molecule has 2 rings (SSSR count). The van der Waals surface area contributed by atoms with Crippen LogP contribution < -0.4 is 10.1 Å². The highest BCUT2D eigenvalue weighted by molar-refractivity contribution is 9.10. The van der Waals surface area contributed by atoms with Crippen molar-refractivity contribution in [2.24, 2.45) is 5.92 Å². The number of carboxylic acid groups (broad SMARTS) is 1. The zero-order chi connectivity index (χ0) is 15.9. The van der Waals surface area contributed by atoms with Gasteiger partial charge in [0, 0.05) is 17.6 Å². The number of carbonyl (C=O) groups is 2. The molecule has 1 aromatic carbocycles. The Kier molecular flexibility index (Phi) is 6.06. The van der Waals surface area contributed by atoms with Gasteiger partial charge in [0.2, 0.25) is 0 Å². The number of nitrogens with one attached hydrogen (secondary N) is 1. The summed E-state index contributed by atoms with van der Waals surface area (Å²) in [6, 6.07) is 7.22. The Balaban J connectivity index is 1.69. The summed E-state index contributed by atoms with van der Waals surface area (Å²) in [7, 11) is 0. The Morgan fingerprint density at radius 3 is 2.77 bits per heavy atom. The van der Waals surface area contributed by atoms with Crippen LogP contribution in [-0.4, -0.2) is 48.2 Å². The summed E-state index contributed by atoms with van der Waals surface area (Å²) in [6.45, 7) is 1.62. The number of amides is 2. The maximum Gasteiger partial charge on any atom is 0.317 e. The van der Waals surface area contributed by atoms with Crippen LogP contribution in [0.1, 0.15) is 12.8 Å². The molecule has 1 heterocycles. The predicted octanol–water partition coefficient (Wildman–Crippen LogP) is 2.33. The summed E-state index contributed by atoms with van der Waals surface area (Å²) in [5, 5.41) is 11.8. The van der Waals surface area contributed by atoms with Gasteiger partial charge in [0.05, 0.1) is 12.5 Å². The van der Waals surface area contributed by atoms with Gasteiger partial charge in [-0.3, -0.25) is 4.79 Å². The molecular weight excluding hydrogens is 352 g/mol. The Labute approximate surface area is 137 Å². The minimum Gasteiger partial charge on any atom is -0.492 e. The number of hydrogen-bond donors (Lipinski definition) is 2. The van der Waals surface area contributed by atoms with Crippen LogP contribution in [0.25, 0.3) is 0 Å². The maximum atomic E-state index is 12.0. The zero-order valence-electron chi connectivity index (χ0n) is 12.1. The fraction of sp³-hybridized carbons (Fsp3) is 0.467. The van der Waals surface area contributed by atoms with E-state index in [4.69, 9.17) is 9.84 Å². The van der Waals surface area contributed by atoms with Crippen LogP contribution in [-0.2, 0) is 4.79 Å². The lowest BCUT2D eigenvalue weighted by Crippen LogP contribution is -2.47. The number of aliphatic carboxylic acids is 1. The van der Waals surface area contributed by atoms with Gasteiger partial charge in [-0.05, 0) is 37.1 Å². The molecule has 1 unspecified atom stereocenters. The number of hydrogen-bond acceptors (Lipinski definition) is 3. The van der Waals surface area contributed by atoms with Crippen molar-refractivity contribution in [2.75, 3.05) is 26.2 Å². The average molecular weight is 371 g/mol. The number of urea groups is 1. The number of nitrogens with zero attached hydrogens (tertiary/aromatic N) is 1. The first-order chi connectivity index (χ1) is 10.6. The van der Waals surface area contributed by atoms with E-state index in [2.05, 4.69) is 21.2 Å². The van der Waals surface area contributed by atoms with Crippen LogP contribution in [0, 0.1) is 5.92 Å². The molecule has 1 aliphatic heterocycles. The third kappa shape index (κ3) is 4.91. The van der Waals surface area contributed by atoms with Crippen molar-refractivity contribution in [3.05, 3.63) is 28.7 Å². The topological polar surface area (TPSA) is 78.9 Å². The third-order valence-corrected chi connectivity index (χ3v) is 4.05. The molecule has 1 aliphatic rings. The summed E-state index contributed by atoms with van der Waals surface area (Å²) in [6.07, 6.45) is 1.35. The van der Waals surface area contributed by atoms with Crippen LogP contribution in [0.5, 0.6) is 5.75 Å². The highest BCUT2D eigenvalue weighted by Crippen LogP contribution is 2.17. The maximum absolute atomic E-state index is 12.0. The van der Waals surface area contributed by atoms with E-state index in [1.807, 2.05) is 24.3 Å². The molecule has 22 heavy (non-hydrogen) atoms. The summed E-state index contributed by atoms with van der Waals surface area (Å²) in [4.78, 5) is 24.5. The summed E-state index contributed by atoms with van der Waals surface area (Å²) in [5.41, 5.74) is 0. The van der Waals surface area contributed by atoms with Gasteiger partial charge in [0.1, 0.15) is 12.4 Å². The number of rotatable bonds is 5. The van der Waals surface area contributed by atoms with Crippen molar-refractivity contribution in [2.45, 2.75) is 12.8 Å². The molecule has 120 valence electrons. The molecule has 0 aliphatic carbocycles. The number of likely N-dealkylation sites (tertiary alicyclic amines) is 1. The van der Waals surface area contributed by atoms with Crippen molar-refractivity contribution < 1.29 is 19.4 Å². The van der Waals surface area contributed by atoms with Crippen molar-refractivity contribution in [3.8, 4) is 5.75 Å². The molecule has 2 N–H and O–H groups in total. The highest BCUT2D eigenvalue weighted by atomic mass is 79.9. The lowest BCUT2D eigenvalue weighted by molar-refractivity contribution is -0.143. The van der Waals surface area contributed by atoms with Crippen LogP contribution >= 0.6 is 15.9 Å². The second kappa shape index (κ2) is 8.03. The van der Waals surface area contributed by atoms with E-state index in [1.54, 1.807) is 4.90 Å². The number of carbonyl (C=O) groups excluding carboxylic acids is 1. The summed E-state index contributed by atoms with van der Waals surface area (Å²) < 4.78 is 6.49. The molecule has 1 fully saturated rings. The third-order valence-electron chi connectivity index (χ3n) is 3.52. The second-order valence-corrected chi connectivity index (χ2v) is 6.07. The number of carboxylic acids is 1. The standard InChI is InChI=1S/C15H19BrN2O4/c16-12-3-5-13(6-4-12)22-9-7-17-15(21)18-8-1-2-11(10-18)14(19)20/h3-6,11H,1-2,7-10H2,(H,17,21)(H,19,20). The van der Waals surface area contributed by atoms with Gasteiger partial charge in [-0.2, -0.15) is 0 Å². The molecule has 0 bridgehead atoms. The van der Waals surface area contributed by atoms with Gasteiger partial charge in [0.25, 0.3) is 0 Å². The van der Waals surface area contributed by atoms with Crippen LogP contribution in [0.4, 0.5) is 4.79 Å². The smallest absolute Gasteiger partial charge is 0.317 e. The summed E-state index contributed by atoms with van der Waals surface area (Å²) >= 11 is 3.35. The number of ether oxygens (including phenoxy) is 1. The van der Waals surface area contributed by atoms with E-state index in [1.165, 1.54) is 0 Å². The molecule has 0 radical (unpaired) electrons. The van der Waals surface area contributed by atoms with Crippen LogP contribution in [0.3, 0.4) is 0 Å². The van der Waals surface area contributed by atoms with Gasteiger partial charge < -0.3 is 20.1 Å². The highest BCUT2D eigenvalue weighted by Gasteiger charge is 2.27. The van der Waals surface area contributed by atoms with E-state index < -0.39 is 11.9 Å². The Bertz CT molecular complexity index is 521. The fourth-order valence-electron chi connectivity index (χ4n) is 2.33. The molecule has 6 nitrogen and oxygen atoms in total. The van der Waals surface area contributed by atoms with Crippen LogP contribution in [0.2, 0.25) is 0 Å². The first kappa shape index (κ1) is 16.6. The average Bonchev–Trinajstić information content (AvgIpc) is 2.53. The quantitative estimate of drug-likeness (QED) is 0.779. The molecule has 1 saturated heterocycles. The normalized spacial score (nSPS) is 17.9. The molecule has 2 amide bonds. The molecule has 1 atom stereocenters. The molecule has 1 aromatic rings. The second-order valence-electron chi connectivity index (χ2n) is 5.16. The van der Waals surface area contributed by atoms with Gasteiger partial charge in [-0.15, -0.1) is 0 Å². The number of benzene rings is 1. The monoisotopic (exact) mass is 370 g/mol. The van der Waals surface area contributed by atoms with E-state index in [0.717, 1.165) is 16.6 Å². The minimum atomic E-state index is -0.837. The van der Waals surface area contributed by atoms with Crippen molar-refractivity contribution in [1.29, 1.82) is 0 Å². The largest absolute Gasteiger partial charge is 0.492 e. The molecular formula is C15H19BrN2O4. The van der Waals surface area contributed by atoms with Gasteiger partial charge in [-0.25, -0.2) is 4.79 Å². The summed E-state index contributed by atoms with van der Waals surface area (Å²) in [5.74, 6) is -0.559.